The number of halogens is 1. The number of rotatable bonds is 4. The van der Waals surface area contributed by atoms with Gasteiger partial charge in [-0.2, -0.15) is 11.8 Å². The fraction of sp³-hybridized carbons (Fsp3) is 0.562. The lowest BCUT2D eigenvalue weighted by Gasteiger charge is -2.43. The van der Waals surface area contributed by atoms with Gasteiger partial charge in [0.2, 0.25) is 0 Å². The SMILES string of the molecule is O=C(NCC1(N2CCOCC2)CCSC1)c1ccc(I)cc1. The van der Waals surface area contributed by atoms with E-state index in [1.54, 1.807) is 0 Å². The van der Waals surface area contributed by atoms with Crippen LogP contribution in [0, 0.1) is 3.57 Å². The maximum absolute atomic E-state index is 12.4. The summed E-state index contributed by atoms with van der Waals surface area (Å²) < 4.78 is 6.62. The third-order valence-corrected chi connectivity index (χ3v) is 6.40. The van der Waals surface area contributed by atoms with Gasteiger partial charge < -0.3 is 10.1 Å². The van der Waals surface area contributed by atoms with Crippen LogP contribution in [0.3, 0.4) is 0 Å². The highest BCUT2D eigenvalue weighted by Gasteiger charge is 2.40. The Morgan fingerprint density at radius 3 is 2.68 bits per heavy atom. The molecule has 2 fully saturated rings. The quantitative estimate of drug-likeness (QED) is 0.742. The molecule has 2 aliphatic rings. The normalized spacial score (nSPS) is 26.0. The second-order valence-electron chi connectivity index (χ2n) is 5.82. The minimum Gasteiger partial charge on any atom is -0.379 e. The van der Waals surface area contributed by atoms with E-state index in [0.717, 1.165) is 54.2 Å². The van der Waals surface area contributed by atoms with Crippen molar-refractivity contribution in [1.29, 1.82) is 0 Å². The number of hydrogen-bond donors (Lipinski definition) is 1. The second kappa shape index (κ2) is 7.51. The Balaban J connectivity index is 1.64. The highest BCUT2D eigenvalue weighted by molar-refractivity contribution is 14.1. The lowest BCUT2D eigenvalue weighted by atomic mass is 9.95. The molecule has 0 spiro atoms. The van der Waals surface area contributed by atoms with Crippen LogP contribution in [0.15, 0.2) is 24.3 Å². The molecule has 1 aromatic carbocycles. The number of amides is 1. The average molecular weight is 432 g/mol. The molecular formula is C16H21IN2O2S. The summed E-state index contributed by atoms with van der Waals surface area (Å²) in [5.74, 6) is 2.30. The molecule has 1 amide bonds. The first kappa shape index (κ1) is 16.5. The highest BCUT2D eigenvalue weighted by Crippen LogP contribution is 2.33. The molecule has 0 bridgehead atoms. The van der Waals surface area contributed by atoms with Crippen molar-refractivity contribution >= 4 is 40.3 Å². The molecule has 2 aliphatic heterocycles. The number of carbonyl (C=O) groups excluding carboxylic acids is 1. The topological polar surface area (TPSA) is 41.6 Å². The van der Waals surface area contributed by atoms with E-state index in [9.17, 15) is 4.79 Å². The van der Waals surface area contributed by atoms with Crippen LogP contribution < -0.4 is 5.32 Å². The van der Waals surface area contributed by atoms with Gasteiger partial charge in [0.05, 0.1) is 13.2 Å². The van der Waals surface area contributed by atoms with Crippen molar-refractivity contribution in [2.75, 3.05) is 44.4 Å². The molecule has 120 valence electrons. The van der Waals surface area contributed by atoms with Gasteiger partial charge in [0.15, 0.2) is 0 Å². The predicted molar refractivity (Wildman–Crippen MR) is 98.6 cm³/mol. The smallest absolute Gasteiger partial charge is 0.251 e. The van der Waals surface area contributed by atoms with Gasteiger partial charge in [0.25, 0.3) is 5.91 Å². The van der Waals surface area contributed by atoms with Crippen molar-refractivity contribution in [2.45, 2.75) is 12.0 Å². The fourth-order valence-electron chi connectivity index (χ4n) is 3.08. The Bertz CT molecular complexity index is 511. The van der Waals surface area contributed by atoms with Crippen molar-refractivity contribution in [3.8, 4) is 0 Å². The van der Waals surface area contributed by atoms with E-state index >= 15 is 0 Å². The molecule has 22 heavy (non-hydrogen) atoms. The number of thioether (sulfide) groups is 1. The molecule has 0 aromatic heterocycles. The van der Waals surface area contributed by atoms with Gasteiger partial charge in [-0.3, -0.25) is 9.69 Å². The summed E-state index contributed by atoms with van der Waals surface area (Å²) in [6.45, 7) is 4.28. The Morgan fingerprint density at radius 1 is 1.32 bits per heavy atom. The number of carbonyl (C=O) groups is 1. The number of morpholine rings is 1. The first-order chi connectivity index (χ1) is 10.7. The fourth-order valence-corrected chi connectivity index (χ4v) is 4.92. The van der Waals surface area contributed by atoms with Gasteiger partial charge in [-0.25, -0.2) is 0 Å². The zero-order chi connectivity index (χ0) is 15.4. The molecule has 3 rings (SSSR count). The molecule has 6 heteroatoms. The van der Waals surface area contributed by atoms with Gasteiger partial charge >= 0.3 is 0 Å². The number of nitrogens with zero attached hydrogens (tertiary/aromatic N) is 1. The van der Waals surface area contributed by atoms with Gasteiger partial charge in [0, 0.05) is 40.1 Å². The zero-order valence-corrected chi connectivity index (χ0v) is 15.5. The van der Waals surface area contributed by atoms with E-state index in [1.807, 2.05) is 36.0 Å². The van der Waals surface area contributed by atoms with E-state index in [2.05, 4.69) is 32.8 Å². The highest BCUT2D eigenvalue weighted by atomic mass is 127. The minimum atomic E-state index is 0.0286. The first-order valence-corrected chi connectivity index (χ1v) is 9.87. The maximum atomic E-state index is 12.4. The molecule has 0 aliphatic carbocycles. The summed E-state index contributed by atoms with van der Waals surface area (Å²) in [5.41, 5.74) is 0.844. The molecule has 1 aromatic rings. The third-order valence-electron chi connectivity index (χ3n) is 4.45. The van der Waals surface area contributed by atoms with Gasteiger partial charge in [-0.1, -0.05) is 0 Å². The minimum absolute atomic E-state index is 0.0286. The summed E-state index contributed by atoms with van der Waals surface area (Å²) in [6, 6.07) is 7.72. The van der Waals surface area contributed by atoms with E-state index in [1.165, 1.54) is 5.75 Å². The molecule has 4 nitrogen and oxygen atoms in total. The zero-order valence-electron chi connectivity index (χ0n) is 12.5. The second-order valence-corrected chi connectivity index (χ2v) is 8.17. The lowest BCUT2D eigenvalue weighted by molar-refractivity contribution is -0.0129. The Hall–Kier alpha value is -0.310. The predicted octanol–water partition coefficient (Wildman–Crippen LogP) is 2.23. The molecule has 0 saturated carbocycles. The summed E-state index contributed by atoms with van der Waals surface area (Å²) >= 11 is 4.24. The van der Waals surface area contributed by atoms with Crippen molar-refractivity contribution in [3.05, 3.63) is 33.4 Å². The Labute approximate surface area is 149 Å². The summed E-state index contributed by atoms with van der Waals surface area (Å²) in [6.07, 6.45) is 1.14. The van der Waals surface area contributed by atoms with Crippen molar-refractivity contribution < 1.29 is 9.53 Å². The first-order valence-electron chi connectivity index (χ1n) is 7.64. The molecule has 0 radical (unpaired) electrons. The Kier molecular flexibility index (Phi) is 5.64. The molecule has 1 atom stereocenters. The van der Waals surface area contributed by atoms with Crippen LogP contribution in [0.25, 0.3) is 0 Å². The molecule has 2 heterocycles. The molecule has 1 unspecified atom stereocenters. The van der Waals surface area contributed by atoms with Crippen LogP contribution in [0.4, 0.5) is 0 Å². The summed E-state index contributed by atoms with van der Waals surface area (Å²) in [4.78, 5) is 14.9. The Morgan fingerprint density at radius 2 is 2.05 bits per heavy atom. The maximum Gasteiger partial charge on any atom is 0.251 e. The largest absolute Gasteiger partial charge is 0.379 e. The van der Waals surface area contributed by atoms with Gasteiger partial charge in [0.1, 0.15) is 0 Å². The lowest BCUT2D eigenvalue weighted by Crippen LogP contribution is -2.59. The van der Waals surface area contributed by atoms with E-state index in [4.69, 9.17) is 4.74 Å². The molecule has 1 N–H and O–H groups in total. The van der Waals surface area contributed by atoms with Crippen LogP contribution in [0.1, 0.15) is 16.8 Å². The van der Waals surface area contributed by atoms with Crippen LogP contribution in [-0.2, 0) is 4.74 Å². The van der Waals surface area contributed by atoms with Crippen LogP contribution in [-0.4, -0.2) is 60.7 Å². The number of benzene rings is 1. The standard InChI is InChI=1S/C16H21IN2O2S/c17-14-3-1-13(2-4-14)15(20)18-11-16(5-10-22-12-16)19-6-8-21-9-7-19/h1-4H,5-12H2,(H,18,20). The third kappa shape index (κ3) is 3.77. The van der Waals surface area contributed by atoms with E-state index < -0.39 is 0 Å². The monoisotopic (exact) mass is 432 g/mol. The number of ether oxygens (including phenoxy) is 1. The summed E-state index contributed by atoms with van der Waals surface area (Å²) in [5, 5.41) is 3.16. The molecular weight excluding hydrogens is 411 g/mol. The van der Waals surface area contributed by atoms with Crippen LogP contribution >= 0.6 is 34.4 Å². The van der Waals surface area contributed by atoms with Crippen LogP contribution in [0.2, 0.25) is 0 Å². The van der Waals surface area contributed by atoms with Crippen molar-refractivity contribution in [2.24, 2.45) is 0 Å². The number of hydrogen-bond acceptors (Lipinski definition) is 4. The van der Waals surface area contributed by atoms with E-state index in [-0.39, 0.29) is 11.4 Å². The number of nitrogens with one attached hydrogen (secondary N) is 1. The van der Waals surface area contributed by atoms with E-state index in [0.29, 0.717) is 0 Å². The molecule has 2 saturated heterocycles. The van der Waals surface area contributed by atoms with Crippen molar-refractivity contribution in [1.82, 2.24) is 10.2 Å². The summed E-state index contributed by atoms with van der Waals surface area (Å²) in [7, 11) is 0. The van der Waals surface area contributed by atoms with Crippen molar-refractivity contribution in [3.63, 3.8) is 0 Å². The average Bonchev–Trinajstić information content (AvgIpc) is 3.04. The van der Waals surface area contributed by atoms with Crippen LogP contribution in [0.5, 0.6) is 0 Å². The van der Waals surface area contributed by atoms with Gasteiger partial charge in [-0.05, 0) is 59.0 Å². The van der Waals surface area contributed by atoms with Gasteiger partial charge in [-0.15, -0.1) is 0 Å².